The summed E-state index contributed by atoms with van der Waals surface area (Å²) in [4.78, 5) is 19.7. The molecule has 0 aliphatic carbocycles. The van der Waals surface area contributed by atoms with Crippen LogP contribution in [0.4, 0.5) is 0 Å². The van der Waals surface area contributed by atoms with Crippen LogP contribution in [0.2, 0.25) is 0 Å². The molecule has 4 nitrogen and oxygen atoms in total. The summed E-state index contributed by atoms with van der Waals surface area (Å²) in [5, 5.41) is 0. The summed E-state index contributed by atoms with van der Waals surface area (Å²) in [6, 6.07) is 1.77. The summed E-state index contributed by atoms with van der Waals surface area (Å²) in [5.41, 5.74) is 1.12. The lowest BCUT2D eigenvalue weighted by Crippen LogP contribution is -2.01. The van der Waals surface area contributed by atoms with Crippen molar-refractivity contribution in [1.82, 2.24) is 14.5 Å². The van der Waals surface area contributed by atoms with E-state index in [1.807, 2.05) is 10.8 Å². The zero-order valence-electron chi connectivity index (χ0n) is 9.42. The number of ketones is 1. The maximum absolute atomic E-state index is 12.0. The molecule has 0 aliphatic rings. The fraction of sp³-hybridized carbons (Fsp3) is 0.154. The van der Waals surface area contributed by atoms with E-state index in [1.165, 1.54) is 18.7 Å². The van der Waals surface area contributed by atoms with E-state index < -0.39 is 0 Å². The Morgan fingerprint density at radius 1 is 1.35 bits per heavy atom. The van der Waals surface area contributed by atoms with E-state index in [0.717, 1.165) is 0 Å². The second kappa shape index (κ2) is 5.08. The van der Waals surface area contributed by atoms with Crippen molar-refractivity contribution in [2.45, 2.75) is 13.5 Å². The molecule has 0 bridgehead atoms. The first-order chi connectivity index (χ1) is 8.31. The van der Waals surface area contributed by atoms with E-state index >= 15 is 0 Å². The van der Waals surface area contributed by atoms with Crippen molar-refractivity contribution in [3.63, 3.8) is 0 Å². The van der Waals surface area contributed by atoms with Crippen molar-refractivity contribution in [1.29, 1.82) is 0 Å². The highest BCUT2D eigenvalue weighted by Crippen LogP contribution is 2.08. The molecule has 0 fully saturated rings. The minimum absolute atomic E-state index is 0.0752. The first-order valence-electron chi connectivity index (χ1n) is 5.16. The van der Waals surface area contributed by atoms with E-state index in [2.05, 4.69) is 21.8 Å². The topological polar surface area (TPSA) is 47.8 Å². The number of carbonyl (C=O) groups is 1. The monoisotopic (exact) mass is 225 g/mol. The highest BCUT2D eigenvalue weighted by molar-refractivity contribution is 6.08. The van der Waals surface area contributed by atoms with Gasteiger partial charge in [-0.05, 0) is 13.0 Å². The van der Waals surface area contributed by atoms with E-state index in [0.29, 0.717) is 17.7 Å². The normalized spacial score (nSPS) is 9.47. The third-order valence-electron chi connectivity index (χ3n) is 2.27. The van der Waals surface area contributed by atoms with Crippen molar-refractivity contribution in [2.75, 3.05) is 0 Å². The van der Waals surface area contributed by atoms with Gasteiger partial charge in [-0.2, -0.15) is 0 Å². The predicted molar refractivity (Wildman–Crippen MR) is 63.3 cm³/mol. The molecule has 4 heteroatoms. The molecule has 0 aromatic carbocycles. The molecule has 0 radical (unpaired) electrons. The number of hydrogen-bond donors (Lipinski definition) is 0. The second-order valence-corrected chi connectivity index (χ2v) is 3.46. The predicted octanol–water partition coefficient (Wildman–Crippen LogP) is 1.53. The number of rotatable bonds is 3. The van der Waals surface area contributed by atoms with Crippen LogP contribution >= 0.6 is 0 Å². The summed E-state index contributed by atoms with van der Waals surface area (Å²) in [5.74, 6) is 5.67. The molecule has 2 aromatic rings. The molecule has 2 rings (SSSR count). The van der Waals surface area contributed by atoms with Gasteiger partial charge in [0.25, 0.3) is 0 Å². The summed E-state index contributed by atoms with van der Waals surface area (Å²) >= 11 is 0. The molecular formula is C13H11N3O. The Balaban J connectivity index is 2.20. The van der Waals surface area contributed by atoms with Gasteiger partial charge in [-0.3, -0.25) is 4.79 Å². The van der Waals surface area contributed by atoms with Crippen LogP contribution in [0.1, 0.15) is 22.8 Å². The van der Waals surface area contributed by atoms with Gasteiger partial charge in [-0.1, -0.05) is 5.92 Å². The SMILES string of the molecule is CC#CCn1ccc(C(=O)c2cncnc2)c1. The number of carbonyl (C=O) groups excluding carboxylic acids is 1. The molecular weight excluding hydrogens is 214 g/mol. The van der Waals surface area contributed by atoms with Crippen LogP contribution in [0.25, 0.3) is 0 Å². The molecule has 0 N–H and O–H groups in total. The Morgan fingerprint density at radius 2 is 2.12 bits per heavy atom. The van der Waals surface area contributed by atoms with Crippen LogP contribution < -0.4 is 0 Å². The van der Waals surface area contributed by atoms with Crippen molar-refractivity contribution >= 4 is 5.78 Å². The van der Waals surface area contributed by atoms with Crippen molar-refractivity contribution < 1.29 is 4.79 Å². The van der Waals surface area contributed by atoms with Crippen molar-refractivity contribution in [3.8, 4) is 11.8 Å². The zero-order valence-corrected chi connectivity index (χ0v) is 9.42. The van der Waals surface area contributed by atoms with Gasteiger partial charge in [0, 0.05) is 30.4 Å². The molecule has 2 heterocycles. The summed E-state index contributed by atoms with van der Waals surface area (Å²) in [6.45, 7) is 2.38. The summed E-state index contributed by atoms with van der Waals surface area (Å²) in [7, 11) is 0. The lowest BCUT2D eigenvalue weighted by atomic mass is 10.1. The molecule has 0 amide bonds. The Kier molecular flexibility index (Phi) is 3.31. The Bertz CT molecular complexity index is 575. The molecule has 2 aromatic heterocycles. The van der Waals surface area contributed by atoms with Gasteiger partial charge < -0.3 is 4.57 Å². The highest BCUT2D eigenvalue weighted by atomic mass is 16.1. The average Bonchev–Trinajstić information content (AvgIpc) is 2.85. The van der Waals surface area contributed by atoms with E-state index in [-0.39, 0.29) is 5.78 Å². The van der Waals surface area contributed by atoms with Crippen LogP contribution in [0.5, 0.6) is 0 Å². The molecule has 0 saturated carbocycles. The lowest BCUT2D eigenvalue weighted by molar-refractivity contribution is 0.103. The van der Waals surface area contributed by atoms with E-state index in [4.69, 9.17) is 0 Å². The smallest absolute Gasteiger partial charge is 0.197 e. The Morgan fingerprint density at radius 3 is 2.82 bits per heavy atom. The summed E-state index contributed by atoms with van der Waals surface area (Å²) < 4.78 is 1.87. The van der Waals surface area contributed by atoms with Crippen LogP contribution in [-0.4, -0.2) is 20.3 Å². The number of hydrogen-bond acceptors (Lipinski definition) is 3. The molecule has 0 unspecified atom stereocenters. The molecule has 84 valence electrons. The minimum atomic E-state index is -0.0752. The van der Waals surface area contributed by atoms with E-state index in [9.17, 15) is 4.79 Å². The van der Waals surface area contributed by atoms with Gasteiger partial charge in [0.1, 0.15) is 6.33 Å². The fourth-order valence-corrected chi connectivity index (χ4v) is 1.43. The molecule has 17 heavy (non-hydrogen) atoms. The maximum atomic E-state index is 12.0. The molecule has 0 spiro atoms. The van der Waals surface area contributed by atoms with Gasteiger partial charge in [-0.25, -0.2) is 9.97 Å². The first-order valence-corrected chi connectivity index (χ1v) is 5.16. The third-order valence-corrected chi connectivity index (χ3v) is 2.27. The van der Waals surface area contributed by atoms with Crippen molar-refractivity contribution in [2.24, 2.45) is 0 Å². The van der Waals surface area contributed by atoms with Gasteiger partial charge in [0.15, 0.2) is 5.78 Å². The fourth-order valence-electron chi connectivity index (χ4n) is 1.43. The number of nitrogens with zero attached hydrogens (tertiary/aromatic N) is 3. The van der Waals surface area contributed by atoms with Gasteiger partial charge >= 0.3 is 0 Å². The Hall–Kier alpha value is -2.41. The largest absolute Gasteiger partial charge is 0.342 e. The lowest BCUT2D eigenvalue weighted by Gasteiger charge is -1.96. The highest BCUT2D eigenvalue weighted by Gasteiger charge is 2.10. The Labute approximate surface area is 99.3 Å². The van der Waals surface area contributed by atoms with E-state index in [1.54, 1.807) is 19.2 Å². The van der Waals surface area contributed by atoms with Gasteiger partial charge in [0.05, 0.1) is 12.1 Å². The quantitative estimate of drug-likeness (QED) is 0.588. The molecule has 0 atom stereocenters. The van der Waals surface area contributed by atoms with Crippen LogP contribution in [0.3, 0.4) is 0 Å². The third kappa shape index (κ3) is 2.58. The van der Waals surface area contributed by atoms with Crippen molar-refractivity contribution in [3.05, 3.63) is 48.3 Å². The standard InChI is InChI=1S/C13H11N3O/c1-2-3-5-16-6-4-11(9-16)13(17)12-7-14-10-15-8-12/h4,6-10H,5H2,1H3. The zero-order chi connectivity index (χ0) is 12.1. The van der Waals surface area contributed by atoms with Crippen LogP contribution in [0, 0.1) is 11.8 Å². The van der Waals surface area contributed by atoms with Crippen LogP contribution in [-0.2, 0) is 6.54 Å². The molecule has 0 aliphatic heterocycles. The average molecular weight is 225 g/mol. The molecule has 0 saturated heterocycles. The number of aromatic nitrogens is 3. The second-order valence-electron chi connectivity index (χ2n) is 3.46. The minimum Gasteiger partial charge on any atom is -0.342 e. The van der Waals surface area contributed by atoms with Gasteiger partial charge in [0.2, 0.25) is 0 Å². The van der Waals surface area contributed by atoms with Gasteiger partial charge in [-0.15, -0.1) is 5.92 Å². The maximum Gasteiger partial charge on any atom is 0.197 e. The van der Waals surface area contributed by atoms with Crippen LogP contribution in [0.15, 0.2) is 37.2 Å². The summed E-state index contributed by atoms with van der Waals surface area (Å²) in [6.07, 6.45) is 8.04. The first kappa shape index (κ1) is 11.1.